The molecule has 17 heavy (non-hydrogen) atoms. The Kier molecular flexibility index (Phi) is 7.30. The van der Waals surface area contributed by atoms with E-state index in [-0.39, 0.29) is 50.8 Å². The molecule has 0 N–H and O–H groups in total. The third kappa shape index (κ3) is 3.94. The number of methoxy groups -OCH3 is 2. The third-order valence-electron chi connectivity index (χ3n) is 1.81. The Balaban J connectivity index is 0.00000256. The number of benzene rings is 1. The van der Waals surface area contributed by atoms with Gasteiger partial charge in [-0.15, -0.1) is 0 Å². The van der Waals surface area contributed by atoms with Crippen LogP contribution in [0.5, 0.6) is 5.75 Å². The van der Waals surface area contributed by atoms with E-state index in [1.54, 1.807) is 0 Å². The fraction of sp³-hybridized carbons (Fsp3) is 0.222. The number of carbonyl (C=O) groups is 1. The largest absolute Gasteiger partial charge is 1.00 e. The van der Waals surface area contributed by atoms with Gasteiger partial charge < -0.3 is 14.0 Å². The van der Waals surface area contributed by atoms with E-state index in [4.69, 9.17) is 16.3 Å². The van der Waals surface area contributed by atoms with Crippen LogP contribution in [0.15, 0.2) is 17.0 Å². The first-order valence-electron chi connectivity index (χ1n) is 4.06. The van der Waals surface area contributed by atoms with Gasteiger partial charge in [-0.3, -0.25) is 4.21 Å². The molecule has 1 unspecified atom stereocenters. The summed E-state index contributed by atoms with van der Waals surface area (Å²) >= 11 is 3.14. The van der Waals surface area contributed by atoms with Gasteiger partial charge in [-0.2, -0.15) is 0 Å². The summed E-state index contributed by atoms with van der Waals surface area (Å²) in [7, 11) is 2.43. The molecule has 0 aromatic heterocycles. The van der Waals surface area contributed by atoms with Gasteiger partial charge in [0, 0.05) is 5.02 Å². The van der Waals surface area contributed by atoms with E-state index >= 15 is 0 Å². The predicted octanol–water partition coefficient (Wildman–Crippen LogP) is -1.62. The van der Waals surface area contributed by atoms with E-state index in [0.717, 1.165) is 0 Å². The normalized spacial score (nSPS) is 11.3. The van der Waals surface area contributed by atoms with Crippen LogP contribution in [0.4, 0.5) is 0 Å². The molecule has 0 bridgehead atoms. The molecule has 0 aliphatic carbocycles. The minimum atomic E-state index is -2.55. The summed E-state index contributed by atoms with van der Waals surface area (Å²) in [4.78, 5) is 11.2. The average molecular weight is 287 g/mol. The summed E-state index contributed by atoms with van der Waals surface area (Å²) in [6.07, 6.45) is 0. The molecule has 0 spiro atoms. The second-order valence-electron chi connectivity index (χ2n) is 2.71. The maximum atomic E-state index is 11.4. The smallest absolute Gasteiger partial charge is 0.768 e. The zero-order valence-electron chi connectivity index (χ0n) is 9.48. The molecule has 0 aliphatic rings. The number of hydrogen-bond donors (Lipinski definition) is 0. The van der Waals surface area contributed by atoms with E-state index in [0.29, 0.717) is 0 Å². The fourth-order valence-corrected chi connectivity index (χ4v) is 2.02. The third-order valence-corrected chi connectivity index (χ3v) is 2.69. The topological polar surface area (TPSA) is 75.7 Å². The van der Waals surface area contributed by atoms with Crippen molar-refractivity contribution in [2.75, 3.05) is 14.2 Å². The Hall–Kier alpha value is -0.110. The summed E-state index contributed by atoms with van der Waals surface area (Å²) < 4.78 is 31.2. The minimum absolute atomic E-state index is 0. The van der Waals surface area contributed by atoms with Crippen LogP contribution >= 0.6 is 11.6 Å². The zero-order chi connectivity index (χ0) is 12.3. The van der Waals surface area contributed by atoms with Gasteiger partial charge >= 0.3 is 35.5 Å². The van der Waals surface area contributed by atoms with Crippen molar-refractivity contribution >= 4 is 28.7 Å². The molecular formula is C9H8ClNaO5S. The minimum Gasteiger partial charge on any atom is -0.768 e. The van der Waals surface area contributed by atoms with E-state index in [1.807, 2.05) is 0 Å². The molecule has 1 rings (SSSR count). The number of hydrogen-bond acceptors (Lipinski definition) is 5. The average Bonchev–Trinajstić information content (AvgIpc) is 2.26. The van der Waals surface area contributed by atoms with Crippen LogP contribution < -0.4 is 34.3 Å². The Morgan fingerprint density at radius 1 is 1.41 bits per heavy atom. The Labute approximate surface area is 128 Å². The molecule has 0 radical (unpaired) electrons. The fourth-order valence-electron chi connectivity index (χ4n) is 1.16. The van der Waals surface area contributed by atoms with Crippen molar-refractivity contribution in [3.63, 3.8) is 0 Å². The molecule has 8 heteroatoms. The first-order chi connectivity index (χ1) is 7.51. The van der Waals surface area contributed by atoms with Crippen molar-refractivity contribution in [3.8, 4) is 5.75 Å². The number of esters is 1. The maximum absolute atomic E-state index is 11.4. The first kappa shape index (κ1) is 16.9. The number of rotatable bonds is 3. The van der Waals surface area contributed by atoms with Crippen LogP contribution in [0, 0.1) is 0 Å². The SMILES string of the molecule is COC(=O)c1cc(Cl)cc(S(=O)[O-])c1OC.[Na+]. The van der Waals surface area contributed by atoms with Gasteiger partial charge in [0.25, 0.3) is 0 Å². The Morgan fingerprint density at radius 2 is 2.00 bits per heavy atom. The van der Waals surface area contributed by atoms with E-state index in [2.05, 4.69) is 4.74 Å². The van der Waals surface area contributed by atoms with Gasteiger partial charge in [0.1, 0.15) is 11.3 Å². The second-order valence-corrected chi connectivity index (χ2v) is 4.06. The van der Waals surface area contributed by atoms with Crippen LogP contribution in [0.2, 0.25) is 5.02 Å². The van der Waals surface area contributed by atoms with E-state index in [9.17, 15) is 13.6 Å². The van der Waals surface area contributed by atoms with Crippen molar-refractivity contribution < 1.29 is 52.6 Å². The molecule has 0 aliphatic heterocycles. The second kappa shape index (κ2) is 7.35. The summed E-state index contributed by atoms with van der Waals surface area (Å²) in [5.74, 6) is -0.796. The summed E-state index contributed by atoms with van der Waals surface area (Å²) in [6, 6.07) is 2.47. The summed E-state index contributed by atoms with van der Waals surface area (Å²) in [5.41, 5.74) is -0.0308. The molecule has 88 valence electrons. The standard InChI is InChI=1S/C9H9ClO5S.Na/c1-14-8-6(9(11)15-2)3-5(10)4-7(8)16(12)13;/h3-4H,1-2H3,(H,12,13);/q;+1/p-1. The quantitative estimate of drug-likeness (QED) is 0.379. The molecule has 0 saturated heterocycles. The Bertz CT molecular complexity index is 451. The van der Waals surface area contributed by atoms with Gasteiger partial charge in [-0.25, -0.2) is 4.79 Å². The van der Waals surface area contributed by atoms with Crippen LogP contribution in [0.3, 0.4) is 0 Å². The van der Waals surface area contributed by atoms with Gasteiger partial charge in [-0.05, 0) is 23.2 Å². The zero-order valence-corrected chi connectivity index (χ0v) is 13.1. The number of halogens is 1. The predicted molar refractivity (Wildman–Crippen MR) is 56.5 cm³/mol. The van der Waals surface area contributed by atoms with Gasteiger partial charge in [0.05, 0.1) is 19.1 Å². The summed E-state index contributed by atoms with van der Waals surface area (Å²) in [6.45, 7) is 0. The molecule has 0 saturated carbocycles. The molecule has 0 heterocycles. The van der Waals surface area contributed by atoms with Crippen molar-refractivity contribution in [1.82, 2.24) is 0 Å². The molecule has 0 fully saturated rings. The maximum Gasteiger partial charge on any atom is 1.00 e. The van der Waals surface area contributed by atoms with Crippen LogP contribution in [-0.4, -0.2) is 29.0 Å². The molecular weight excluding hydrogens is 279 g/mol. The van der Waals surface area contributed by atoms with Gasteiger partial charge in [-0.1, -0.05) is 11.6 Å². The Morgan fingerprint density at radius 3 is 2.41 bits per heavy atom. The molecule has 1 aromatic carbocycles. The van der Waals surface area contributed by atoms with Crippen LogP contribution in [0.1, 0.15) is 10.4 Å². The first-order valence-corrected chi connectivity index (χ1v) is 5.51. The number of ether oxygens (including phenoxy) is 2. The van der Waals surface area contributed by atoms with Gasteiger partial charge in [0.15, 0.2) is 0 Å². The number of carbonyl (C=O) groups excluding carboxylic acids is 1. The van der Waals surface area contributed by atoms with Crippen molar-refractivity contribution in [3.05, 3.63) is 22.7 Å². The van der Waals surface area contributed by atoms with Crippen molar-refractivity contribution in [1.29, 1.82) is 0 Å². The van der Waals surface area contributed by atoms with Crippen LogP contribution in [-0.2, 0) is 15.8 Å². The molecule has 1 atom stereocenters. The van der Waals surface area contributed by atoms with Gasteiger partial charge in [0.2, 0.25) is 0 Å². The summed E-state index contributed by atoms with van der Waals surface area (Å²) in [5, 5.41) is 0.111. The molecule has 0 amide bonds. The van der Waals surface area contributed by atoms with Crippen LogP contribution in [0.25, 0.3) is 0 Å². The van der Waals surface area contributed by atoms with E-state index < -0.39 is 17.0 Å². The van der Waals surface area contributed by atoms with E-state index in [1.165, 1.54) is 26.4 Å². The molecule has 1 aromatic rings. The van der Waals surface area contributed by atoms with Crippen molar-refractivity contribution in [2.24, 2.45) is 0 Å². The molecule has 5 nitrogen and oxygen atoms in total. The monoisotopic (exact) mass is 286 g/mol. The van der Waals surface area contributed by atoms with Crippen molar-refractivity contribution in [2.45, 2.75) is 4.90 Å².